The average Bonchev–Trinajstić information content (AvgIpc) is 2.45. The van der Waals surface area contributed by atoms with Crippen molar-refractivity contribution in [2.24, 2.45) is 0 Å². The largest absolute Gasteiger partial charge is 0.377 e. The topological polar surface area (TPSA) is 65.4 Å². The third kappa shape index (κ3) is 5.29. The minimum Gasteiger partial charge on any atom is -0.377 e. The zero-order valence-corrected chi connectivity index (χ0v) is 12.2. The lowest BCUT2D eigenvalue weighted by molar-refractivity contribution is 0.0580. The van der Waals surface area contributed by atoms with Crippen molar-refractivity contribution in [2.45, 2.75) is 26.5 Å². The van der Waals surface area contributed by atoms with Gasteiger partial charge in [0.25, 0.3) is 0 Å². The van der Waals surface area contributed by atoms with Gasteiger partial charge >= 0.3 is 6.03 Å². The molecular formula is C15H21N3O2. The first-order valence-electron chi connectivity index (χ1n) is 6.66. The van der Waals surface area contributed by atoms with Gasteiger partial charge in [-0.3, -0.25) is 0 Å². The Morgan fingerprint density at radius 2 is 2.10 bits per heavy atom. The molecule has 5 heteroatoms. The Morgan fingerprint density at radius 3 is 2.65 bits per heavy atom. The van der Waals surface area contributed by atoms with E-state index in [0.29, 0.717) is 25.3 Å². The van der Waals surface area contributed by atoms with E-state index in [0.717, 1.165) is 5.56 Å². The van der Waals surface area contributed by atoms with Crippen LogP contribution in [0.1, 0.15) is 25.0 Å². The fourth-order valence-corrected chi connectivity index (χ4v) is 1.82. The summed E-state index contributed by atoms with van der Waals surface area (Å²) in [7, 11) is 1.74. The maximum absolute atomic E-state index is 11.9. The summed E-state index contributed by atoms with van der Waals surface area (Å²) >= 11 is 0. The van der Waals surface area contributed by atoms with Gasteiger partial charge in [0.15, 0.2) is 0 Å². The zero-order valence-electron chi connectivity index (χ0n) is 12.2. The molecule has 108 valence electrons. The zero-order chi connectivity index (χ0) is 15.0. The highest BCUT2D eigenvalue weighted by molar-refractivity contribution is 5.73. The van der Waals surface area contributed by atoms with Gasteiger partial charge < -0.3 is 15.0 Å². The molecule has 1 aromatic carbocycles. The van der Waals surface area contributed by atoms with Crippen LogP contribution in [0.5, 0.6) is 0 Å². The van der Waals surface area contributed by atoms with Crippen LogP contribution in [0.2, 0.25) is 0 Å². The number of hydrogen-bond acceptors (Lipinski definition) is 3. The lowest BCUT2D eigenvalue weighted by Crippen LogP contribution is -2.40. The monoisotopic (exact) mass is 275 g/mol. The van der Waals surface area contributed by atoms with E-state index in [-0.39, 0.29) is 12.1 Å². The van der Waals surface area contributed by atoms with Crippen LogP contribution in [0, 0.1) is 11.3 Å². The van der Waals surface area contributed by atoms with Crippen LogP contribution >= 0.6 is 0 Å². The van der Waals surface area contributed by atoms with Gasteiger partial charge in [-0.2, -0.15) is 5.26 Å². The Labute approximate surface area is 120 Å². The third-order valence-electron chi connectivity index (χ3n) is 2.86. The van der Waals surface area contributed by atoms with Crippen molar-refractivity contribution in [3.63, 3.8) is 0 Å². The van der Waals surface area contributed by atoms with Gasteiger partial charge in [-0.05, 0) is 31.5 Å². The van der Waals surface area contributed by atoms with E-state index in [1.165, 1.54) is 0 Å². The Hall–Kier alpha value is -2.06. The highest BCUT2D eigenvalue weighted by Crippen LogP contribution is 2.03. The van der Waals surface area contributed by atoms with Crippen LogP contribution in [0.25, 0.3) is 0 Å². The molecular weight excluding hydrogens is 254 g/mol. The molecule has 20 heavy (non-hydrogen) atoms. The maximum atomic E-state index is 11.9. The Balaban J connectivity index is 2.40. The summed E-state index contributed by atoms with van der Waals surface area (Å²) in [6, 6.07) is 9.07. The third-order valence-corrected chi connectivity index (χ3v) is 2.86. The SMILES string of the molecule is CCOC(C)CN(C)C(=O)NCc1ccc(C#N)cc1. The molecule has 0 heterocycles. The standard InChI is InChI=1S/C15H21N3O2/c1-4-20-12(2)11-18(3)15(19)17-10-14-7-5-13(9-16)6-8-14/h5-8,12H,4,10-11H2,1-3H3,(H,17,19). The van der Waals surface area contributed by atoms with Crippen molar-refractivity contribution < 1.29 is 9.53 Å². The van der Waals surface area contributed by atoms with Crippen molar-refractivity contribution >= 4 is 6.03 Å². The number of urea groups is 1. The van der Waals surface area contributed by atoms with Gasteiger partial charge in [-0.15, -0.1) is 0 Å². The quantitative estimate of drug-likeness (QED) is 0.865. The molecule has 0 aliphatic heterocycles. The van der Waals surface area contributed by atoms with Crippen LogP contribution in [-0.4, -0.2) is 37.2 Å². The van der Waals surface area contributed by atoms with Gasteiger partial charge in [0, 0.05) is 26.7 Å². The van der Waals surface area contributed by atoms with Crippen molar-refractivity contribution in [1.29, 1.82) is 5.26 Å². The molecule has 1 atom stereocenters. The maximum Gasteiger partial charge on any atom is 0.317 e. The number of carbonyl (C=O) groups excluding carboxylic acids is 1. The van der Waals surface area contributed by atoms with Crippen LogP contribution in [0.4, 0.5) is 4.79 Å². The predicted octanol–water partition coefficient (Wildman–Crippen LogP) is 2.12. The molecule has 0 bridgehead atoms. The van der Waals surface area contributed by atoms with E-state index in [9.17, 15) is 4.79 Å². The number of benzene rings is 1. The predicted molar refractivity (Wildman–Crippen MR) is 77.1 cm³/mol. The molecule has 0 fully saturated rings. The van der Waals surface area contributed by atoms with Gasteiger partial charge in [0.1, 0.15) is 0 Å². The van der Waals surface area contributed by atoms with E-state index in [1.807, 2.05) is 26.0 Å². The van der Waals surface area contributed by atoms with E-state index < -0.39 is 0 Å². The highest BCUT2D eigenvalue weighted by Gasteiger charge is 2.11. The number of nitriles is 1. The van der Waals surface area contributed by atoms with Crippen LogP contribution in [-0.2, 0) is 11.3 Å². The number of hydrogen-bond donors (Lipinski definition) is 1. The number of rotatable bonds is 6. The van der Waals surface area contributed by atoms with E-state index in [1.54, 1.807) is 24.1 Å². The van der Waals surface area contributed by atoms with Crippen molar-refractivity contribution in [2.75, 3.05) is 20.2 Å². The summed E-state index contributed by atoms with van der Waals surface area (Å²) in [5.41, 5.74) is 1.58. The van der Waals surface area contributed by atoms with Crippen LogP contribution in [0.3, 0.4) is 0 Å². The van der Waals surface area contributed by atoms with E-state index >= 15 is 0 Å². The summed E-state index contributed by atoms with van der Waals surface area (Å²) in [5, 5.41) is 11.5. The second kappa shape index (κ2) is 8.18. The van der Waals surface area contributed by atoms with Gasteiger partial charge in [-0.25, -0.2) is 4.79 Å². The fraction of sp³-hybridized carbons (Fsp3) is 0.467. The number of nitrogens with one attached hydrogen (secondary N) is 1. The smallest absolute Gasteiger partial charge is 0.317 e. The highest BCUT2D eigenvalue weighted by atomic mass is 16.5. The van der Waals surface area contributed by atoms with Crippen LogP contribution < -0.4 is 5.32 Å². The molecule has 0 saturated heterocycles. The molecule has 1 aromatic rings. The number of nitrogens with zero attached hydrogens (tertiary/aromatic N) is 2. The number of likely N-dealkylation sites (N-methyl/N-ethyl adjacent to an activating group) is 1. The Bertz CT molecular complexity index is 465. The molecule has 0 saturated carbocycles. The van der Waals surface area contributed by atoms with Crippen LogP contribution in [0.15, 0.2) is 24.3 Å². The Morgan fingerprint density at radius 1 is 1.45 bits per heavy atom. The van der Waals surface area contributed by atoms with E-state index in [4.69, 9.17) is 10.00 Å². The molecule has 0 aliphatic rings. The molecule has 1 rings (SSSR count). The number of carbonyl (C=O) groups is 1. The lowest BCUT2D eigenvalue weighted by Gasteiger charge is -2.22. The lowest BCUT2D eigenvalue weighted by atomic mass is 10.1. The van der Waals surface area contributed by atoms with Gasteiger partial charge in [0.2, 0.25) is 0 Å². The molecule has 1 unspecified atom stereocenters. The second-order valence-corrected chi connectivity index (χ2v) is 4.61. The van der Waals surface area contributed by atoms with Gasteiger partial charge in [0.05, 0.1) is 17.7 Å². The first-order chi connectivity index (χ1) is 9.56. The van der Waals surface area contributed by atoms with Gasteiger partial charge in [-0.1, -0.05) is 12.1 Å². The molecule has 1 N–H and O–H groups in total. The first kappa shape index (κ1) is 16.0. The minimum atomic E-state index is -0.138. The van der Waals surface area contributed by atoms with E-state index in [2.05, 4.69) is 11.4 Å². The summed E-state index contributed by atoms with van der Waals surface area (Å²) in [4.78, 5) is 13.5. The molecule has 5 nitrogen and oxygen atoms in total. The minimum absolute atomic E-state index is 0.0191. The summed E-state index contributed by atoms with van der Waals surface area (Å²) in [6.07, 6.45) is 0.0191. The molecule has 2 amide bonds. The number of amides is 2. The molecule has 0 radical (unpaired) electrons. The summed E-state index contributed by atoms with van der Waals surface area (Å²) in [5.74, 6) is 0. The van der Waals surface area contributed by atoms with Crippen molar-refractivity contribution in [3.05, 3.63) is 35.4 Å². The normalized spacial score (nSPS) is 11.5. The first-order valence-corrected chi connectivity index (χ1v) is 6.66. The summed E-state index contributed by atoms with van der Waals surface area (Å²) < 4.78 is 5.40. The van der Waals surface area contributed by atoms with Crippen molar-refractivity contribution in [3.8, 4) is 6.07 Å². The second-order valence-electron chi connectivity index (χ2n) is 4.61. The summed E-state index contributed by atoms with van der Waals surface area (Å²) in [6.45, 7) is 5.50. The fourth-order valence-electron chi connectivity index (χ4n) is 1.82. The average molecular weight is 275 g/mol. The van der Waals surface area contributed by atoms with Crippen molar-refractivity contribution in [1.82, 2.24) is 10.2 Å². The molecule has 0 aliphatic carbocycles. The molecule has 0 aromatic heterocycles. The Kier molecular flexibility index (Phi) is 6.54. The number of ether oxygens (including phenoxy) is 1. The molecule has 0 spiro atoms.